The monoisotopic (exact) mass is 185 g/mol. The Hall–Kier alpha value is -0.0800. The molecule has 0 aliphatic carbocycles. The highest BCUT2D eigenvalue weighted by atomic mass is 16.5. The van der Waals surface area contributed by atoms with Crippen molar-refractivity contribution in [2.75, 3.05) is 19.8 Å². The van der Waals surface area contributed by atoms with Crippen molar-refractivity contribution in [1.82, 2.24) is 5.32 Å². The zero-order valence-corrected chi connectivity index (χ0v) is 9.39. The molecule has 0 aromatic heterocycles. The van der Waals surface area contributed by atoms with Crippen LogP contribution in [0, 0.1) is 11.3 Å². The second kappa shape index (κ2) is 4.43. The lowest BCUT2D eigenvalue weighted by Crippen LogP contribution is -2.50. The minimum absolute atomic E-state index is 0.405. The predicted octanol–water partition coefficient (Wildman–Crippen LogP) is 2.05. The Balaban J connectivity index is 2.23. The molecule has 1 atom stereocenters. The van der Waals surface area contributed by atoms with Crippen molar-refractivity contribution >= 4 is 0 Å². The Kier molecular flexibility index (Phi) is 3.74. The van der Waals surface area contributed by atoms with Crippen LogP contribution < -0.4 is 5.32 Å². The Morgan fingerprint density at radius 3 is 2.31 bits per heavy atom. The maximum Gasteiger partial charge on any atom is 0.0554 e. The van der Waals surface area contributed by atoms with E-state index in [0.29, 0.717) is 11.5 Å². The van der Waals surface area contributed by atoms with E-state index in [0.717, 1.165) is 25.7 Å². The topological polar surface area (TPSA) is 21.3 Å². The van der Waals surface area contributed by atoms with Gasteiger partial charge in [-0.05, 0) is 12.3 Å². The van der Waals surface area contributed by atoms with Crippen molar-refractivity contribution in [3.63, 3.8) is 0 Å². The number of ether oxygens (including phenoxy) is 1. The van der Waals surface area contributed by atoms with Crippen LogP contribution in [-0.4, -0.2) is 25.8 Å². The van der Waals surface area contributed by atoms with Crippen LogP contribution in [0.25, 0.3) is 0 Å². The predicted molar refractivity (Wildman–Crippen MR) is 55.8 cm³/mol. The third-order valence-corrected chi connectivity index (χ3v) is 2.94. The molecule has 2 nitrogen and oxygen atoms in total. The standard InChI is InChI=1S/C11H23NO/c1-5-10(9(2)3)12-6-11(4)7-13-8-11/h9-10,12H,5-8H2,1-4H3. The van der Waals surface area contributed by atoms with Crippen LogP contribution in [-0.2, 0) is 4.74 Å². The van der Waals surface area contributed by atoms with Gasteiger partial charge in [-0.2, -0.15) is 0 Å². The molecular formula is C11H23NO. The molecule has 0 spiro atoms. The SMILES string of the molecule is CCC(NCC1(C)COC1)C(C)C. The van der Waals surface area contributed by atoms with Crippen molar-refractivity contribution in [1.29, 1.82) is 0 Å². The van der Waals surface area contributed by atoms with Crippen molar-refractivity contribution < 1.29 is 4.74 Å². The van der Waals surface area contributed by atoms with E-state index in [-0.39, 0.29) is 0 Å². The third-order valence-electron chi connectivity index (χ3n) is 2.94. The van der Waals surface area contributed by atoms with Crippen LogP contribution in [0.1, 0.15) is 34.1 Å². The molecule has 0 aromatic carbocycles. The lowest BCUT2D eigenvalue weighted by molar-refractivity contribution is -0.100. The van der Waals surface area contributed by atoms with Gasteiger partial charge in [0.05, 0.1) is 13.2 Å². The van der Waals surface area contributed by atoms with Crippen LogP contribution in [0.4, 0.5) is 0 Å². The lowest BCUT2D eigenvalue weighted by atomic mass is 9.88. The first-order valence-corrected chi connectivity index (χ1v) is 5.38. The van der Waals surface area contributed by atoms with Crippen LogP contribution in [0.3, 0.4) is 0 Å². The highest BCUT2D eigenvalue weighted by molar-refractivity contribution is 4.84. The third kappa shape index (κ3) is 2.96. The first-order valence-electron chi connectivity index (χ1n) is 5.38. The van der Waals surface area contributed by atoms with Crippen LogP contribution in [0.5, 0.6) is 0 Å². The second-order valence-corrected chi connectivity index (χ2v) is 4.94. The summed E-state index contributed by atoms with van der Waals surface area (Å²) < 4.78 is 5.22. The van der Waals surface area contributed by atoms with Gasteiger partial charge in [-0.1, -0.05) is 27.7 Å². The Morgan fingerprint density at radius 2 is 2.00 bits per heavy atom. The Labute approximate surface area is 82.0 Å². The zero-order chi connectivity index (χ0) is 9.90. The molecule has 0 bridgehead atoms. The fraction of sp³-hybridized carbons (Fsp3) is 1.00. The summed E-state index contributed by atoms with van der Waals surface area (Å²) in [5.74, 6) is 0.731. The normalized spacial score (nSPS) is 22.8. The molecule has 1 heterocycles. The van der Waals surface area contributed by atoms with E-state index >= 15 is 0 Å². The maximum atomic E-state index is 5.22. The van der Waals surface area contributed by atoms with Crippen LogP contribution >= 0.6 is 0 Å². The number of rotatable bonds is 5. The molecule has 0 radical (unpaired) electrons. The molecule has 1 N–H and O–H groups in total. The minimum atomic E-state index is 0.405. The molecule has 1 aliphatic heterocycles. The molecule has 78 valence electrons. The lowest BCUT2D eigenvalue weighted by Gasteiger charge is -2.39. The quantitative estimate of drug-likeness (QED) is 0.708. The molecular weight excluding hydrogens is 162 g/mol. The summed E-state index contributed by atoms with van der Waals surface area (Å²) in [6, 6.07) is 0.664. The highest BCUT2D eigenvalue weighted by Gasteiger charge is 2.33. The molecule has 1 saturated heterocycles. The summed E-state index contributed by atoms with van der Waals surface area (Å²) in [6.45, 7) is 12.0. The van der Waals surface area contributed by atoms with E-state index in [1.165, 1.54) is 6.42 Å². The Morgan fingerprint density at radius 1 is 1.38 bits per heavy atom. The van der Waals surface area contributed by atoms with E-state index in [1.54, 1.807) is 0 Å². The van der Waals surface area contributed by atoms with Gasteiger partial charge in [0.1, 0.15) is 0 Å². The molecule has 1 fully saturated rings. The van der Waals surface area contributed by atoms with Gasteiger partial charge < -0.3 is 10.1 Å². The van der Waals surface area contributed by atoms with E-state index < -0.39 is 0 Å². The number of hydrogen-bond acceptors (Lipinski definition) is 2. The van der Waals surface area contributed by atoms with Gasteiger partial charge in [-0.15, -0.1) is 0 Å². The van der Waals surface area contributed by atoms with Gasteiger partial charge in [-0.25, -0.2) is 0 Å². The fourth-order valence-corrected chi connectivity index (χ4v) is 1.78. The van der Waals surface area contributed by atoms with Gasteiger partial charge in [0.15, 0.2) is 0 Å². The fourth-order valence-electron chi connectivity index (χ4n) is 1.78. The summed E-state index contributed by atoms with van der Waals surface area (Å²) in [4.78, 5) is 0. The molecule has 0 saturated carbocycles. The average Bonchev–Trinajstić information content (AvgIpc) is 2.02. The molecule has 13 heavy (non-hydrogen) atoms. The molecule has 1 unspecified atom stereocenters. The highest BCUT2D eigenvalue weighted by Crippen LogP contribution is 2.25. The molecule has 1 aliphatic rings. The second-order valence-electron chi connectivity index (χ2n) is 4.94. The van der Waals surface area contributed by atoms with Gasteiger partial charge >= 0.3 is 0 Å². The average molecular weight is 185 g/mol. The molecule has 1 rings (SSSR count). The van der Waals surface area contributed by atoms with Gasteiger partial charge in [-0.3, -0.25) is 0 Å². The smallest absolute Gasteiger partial charge is 0.0554 e. The number of hydrogen-bond donors (Lipinski definition) is 1. The van der Waals surface area contributed by atoms with E-state index in [9.17, 15) is 0 Å². The van der Waals surface area contributed by atoms with Gasteiger partial charge in [0, 0.05) is 18.0 Å². The molecule has 0 amide bonds. The van der Waals surface area contributed by atoms with Crippen molar-refractivity contribution in [3.8, 4) is 0 Å². The largest absolute Gasteiger partial charge is 0.380 e. The van der Waals surface area contributed by atoms with Crippen molar-refractivity contribution in [2.45, 2.75) is 40.2 Å². The van der Waals surface area contributed by atoms with Gasteiger partial charge in [0.2, 0.25) is 0 Å². The van der Waals surface area contributed by atoms with Crippen molar-refractivity contribution in [3.05, 3.63) is 0 Å². The molecule has 2 heteroatoms. The zero-order valence-electron chi connectivity index (χ0n) is 9.39. The number of nitrogens with one attached hydrogen (secondary N) is 1. The van der Waals surface area contributed by atoms with E-state index in [1.807, 2.05) is 0 Å². The summed E-state index contributed by atoms with van der Waals surface area (Å²) in [6.07, 6.45) is 1.22. The summed E-state index contributed by atoms with van der Waals surface area (Å²) in [5.41, 5.74) is 0.405. The van der Waals surface area contributed by atoms with Crippen molar-refractivity contribution in [2.24, 2.45) is 11.3 Å². The first-order chi connectivity index (χ1) is 6.07. The maximum absolute atomic E-state index is 5.22. The minimum Gasteiger partial charge on any atom is -0.380 e. The van der Waals surface area contributed by atoms with E-state index in [2.05, 4.69) is 33.0 Å². The summed E-state index contributed by atoms with van der Waals surface area (Å²) in [5, 5.41) is 3.63. The van der Waals surface area contributed by atoms with Crippen LogP contribution in [0.15, 0.2) is 0 Å². The van der Waals surface area contributed by atoms with E-state index in [4.69, 9.17) is 4.74 Å². The Bertz CT molecular complexity index is 152. The van der Waals surface area contributed by atoms with Gasteiger partial charge in [0.25, 0.3) is 0 Å². The molecule has 0 aromatic rings. The van der Waals surface area contributed by atoms with Crippen LogP contribution in [0.2, 0.25) is 0 Å². The summed E-state index contributed by atoms with van der Waals surface area (Å²) >= 11 is 0. The first kappa shape index (κ1) is 11.0. The summed E-state index contributed by atoms with van der Waals surface area (Å²) in [7, 11) is 0.